The van der Waals surface area contributed by atoms with Crippen LogP contribution in [-0.4, -0.2) is 89.5 Å². The molecule has 12 heteroatoms. The second-order valence-corrected chi connectivity index (χ2v) is 16.7. The Kier molecular flexibility index (Phi) is 10.9. The van der Waals surface area contributed by atoms with Gasteiger partial charge in [0.2, 0.25) is 0 Å². The zero-order valence-corrected chi connectivity index (χ0v) is 33.2. The number of morpholine rings is 1. The molecule has 286 valence electrons. The molecule has 2 aromatic heterocycles. The number of amides is 1. The van der Waals surface area contributed by atoms with E-state index in [9.17, 15) is 9.59 Å². The molecule has 2 saturated heterocycles. The Balaban J connectivity index is 1.15. The standard InChI is InChI=1S/C41H55N5O6S/c1-23(2)49-31-21-45(22-31)30-12-10-29(11-13-30)41(7)51-37-27(6)32(39(47)43-18-34-35(53-8)15-24(3)44-40(34)48)16-33(38(37)52-41)28-9-14-36(42-17-28)46-19-25(4)50-26(5)20-46/h9,14-17,23,25-26,29-31H,10-13,18-22H2,1-8H3,(H,43,47)(H,44,48)/t25-,26+,29?,30?,41?. The molecule has 3 aliphatic heterocycles. The van der Waals surface area contributed by atoms with Crippen LogP contribution in [0.1, 0.15) is 87.5 Å². The molecule has 1 aliphatic carbocycles. The van der Waals surface area contributed by atoms with Gasteiger partial charge in [0.15, 0.2) is 11.5 Å². The number of aryl methyl sites for hydroxylation is 1. The largest absolute Gasteiger partial charge is 0.448 e. The fourth-order valence-corrected chi connectivity index (χ4v) is 9.31. The van der Waals surface area contributed by atoms with Crippen LogP contribution >= 0.6 is 11.8 Å². The van der Waals surface area contributed by atoms with Crippen molar-refractivity contribution in [3.63, 3.8) is 0 Å². The van der Waals surface area contributed by atoms with E-state index in [2.05, 4.69) is 47.8 Å². The monoisotopic (exact) mass is 745 g/mol. The third kappa shape index (κ3) is 7.83. The quantitative estimate of drug-likeness (QED) is 0.224. The Morgan fingerprint density at radius 2 is 1.75 bits per heavy atom. The predicted molar refractivity (Wildman–Crippen MR) is 208 cm³/mol. The van der Waals surface area contributed by atoms with Crippen LogP contribution in [0.15, 0.2) is 40.2 Å². The van der Waals surface area contributed by atoms with Gasteiger partial charge in [0.25, 0.3) is 17.3 Å². The van der Waals surface area contributed by atoms with Gasteiger partial charge < -0.3 is 34.1 Å². The number of rotatable bonds is 10. The van der Waals surface area contributed by atoms with Crippen molar-refractivity contribution in [2.45, 2.75) is 122 Å². The molecule has 3 atom stereocenters. The molecule has 11 nitrogen and oxygen atoms in total. The van der Waals surface area contributed by atoms with Crippen molar-refractivity contribution in [1.29, 1.82) is 0 Å². The predicted octanol–water partition coefficient (Wildman–Crippen LogP) is 6.47. The molecule has 0 spiro atoms. The van der Waals surface area contributed by atoms with E-state index in [1.807, 2.05) is 57.5 Å². The number of fused-ring (bicyclic) bond motifs is 1. The number of likely N-dealkylation sites (tertiary alicyclic amines) is 1. The summed E-state index contributed by atoms with van der Waals surface area (Å²) in [6.07, 6.45) is 8.74. The number of nitrogens with zero attached hydrogens (tertiary/aromatic N) is 3. The summed E-state index contributed by atoms with van der Waals surface area (Å²) in [6, 6.07) is 8.45. The van der Waals surface area contributed by atoms with Gasteiger partial charge in [-0.3, -0.25) is 14.5 Å². The highest BCUT2D eigenvalue weighted by Crippen LogP contribution is 2.53. The molecule has 1 amide bonds. The Hall–Kier alpha value is -3.58. The Morgan fingerprint density at radius 1 is 1.06 bits per heavy atom. The highest BCUT2D eigenvalue weighted by atomic mass is 32.2. The summed E-state index contributed by atoms with van der Waals surface area (Å²) in [5.74, 6) is 1.13. The fraction of sp³-hybridized carbons (Fsp3) is 0.585. The topological polar surface area (TPSA) is 118 Å². The number of hydrogen-bond acceptors (Lipinski definition) is 10. The second-order valence-electron chi connectivity index (χ2n) is 15.8. The summed E-state index contributed by atoms with van der Waals surface area (Å²) < 4.78 is 25.7. The zero-order valence-electron chi connectivity index (χ0n) is 32.4. The van der Waals surface area contributed by atoms with Crippen LogP contribution in [0.25, 0.3) is 11.1 Å². The van der Waals surface area contributed by atoms with Gasteiger partial charge in [0, 0.05) is 96.2 Å². The summed E-state index contributed by atoms with van der Waals surface area (Å²) in [5, 5.41) is 3.03. The molecule has 53 heavy (non-hydrogen) atoms. The van der Waals surface area contributed by atoms with Crippen LogP contribution in [0.2, 0.25) is 0 Å². The maximum absolute atomic E-state index is 14.0. The van der Waals surface area contributed by atoms with E-state index in [0.717, 1.165) is 79.4 Å². The van der Waals surface area contributed by atoms with E-state index in [1.165, 1.54) is 11.8 Å². The minimum absolute atomic E-state index is 0.1000. The molecular formula is C41H55N5O6S. The van der Waals surface area contributed by atoms with Crippen LogP contribution in [0, 0.1) is 19.8 Å². The maximum atomic E-state index is 14.0. The van der Waals surface area contributed by atoms with Crippen LogP contribution in [0.4, 0.5) is 5.82 Å². The summed E-state index contributed by atoms with van der Waals surface area (Å²) in [4.78, 5) is 40.3. The van der Waals surface area contributed by atoms with Crippen LogP contribution in [0.5, 0.6) is 11.5 Å². The van der Waals surface area contributed by atoms with Crippen molar-refractivity contribution in [1.82, 2.24) is 20.2 Å². The number of aromatic amines is 1. The average Bonchev–Trinajstić information content (AvgIpc) is 3.47. The van der Waals surface area contributed by atoms with Crippen molar-refractivity contribution >= 4 is 23.5 Å². The lowest BCUT2D eigenvalue weighted by Gasteiger charge is -2.47. The Morgan fingerprint density at radius 3 is 2.40 bits per heavy atom. The molecule has 3 aromatic rings. The summed E-state index contributed by atoms with van der Waals surface area (Å²) >= 11 is 1.49. The molecule has 3 fully saturated rings. The molecule has 1 aromatic carbocycles. The van der Waals surface area contributed by atoms with Crippen LogP contribution in [-0.2, 0) is 16.0 Å². The summed E-state index contributed by atoms with van der Waals surface area (Å²) in [6.45, 7) is 17.8. The number of nitrogens with one attached hydrogen (secondary N) is 2. The molecule has 2 N–H and O–H groups in total. The molecule has 5 heterocycles. The number of thioether (sulfide) groups is 1. The molecule has 0 radical (unpaired) electrons. The number of hydrogen-bond donors (Lipinski definition) is 2. The molecule has 1 unspecified atom stereocenters. The van der Waals surface area contributed by atoms with Crippen molar-refractivity contribution in [2.75, 3.05) is 37.3 Å². The first kappa shape index (κ1) is 37.7. The molecular weight excluding hydrogens is 691 g/mol. The zero-order chi connectivity index (χ0) is 37.6. The normalized spacial score (nSPS) is 26.2. The number of carbonyl (C=O) groups excluding carboxylic acids is 1. The van der Waals surface area contributed by atoms with Gasteiger partial charge in [0.05, 0.1) is 24.4 Å². The molecule has 1 saturated carbocycles. The van der Waals surface area contributed by atoms with Gasteiger partial charge in [-0.2, -0.15) is 0 Å². The van der Waals surface area contributed by atoms with Crippen molar-refractivity contribution in [3.05, 3.63) is 63.2 Å². The van der Waals surface area contributed by atoms with Gasteiger partial charge in [0.1, 0.15) is 5.82 Å². The van der Waals surface area contributed by atoms with E-state index in [4.69, 9.17) is 23.9 Å². The number of H-pyrrole nitrogens is 1. The fourth-order valence-electron chi connectivity index (χ4n) is 8.60. The van der Waals surface area contributed by atoms with Gasteiger partial charge in [-0.05, 0) is 97.7 Å². The van der Waals surface area contributed by atoms with Gasteiger partial charge in [-0.1, -0.05) is 0 Å². The molecule has 4 aliphatic rings. The number of pyridine rings is 2. The SMILES string of the molecule is CSc1cc(C)[nH]c(=O)c1CNC(=O)c1cc(-c2ccc(N3C[C@@H](C)O[C@@H](C)C3)nc2)c2c(c1C)OC(C)(C1CCC(N3CC(OC(C)C)C3)CC1)O2. The highest BCUT2D eigenvalue weighted by molar-refractivity contribution is 7.98. The maximum Gasteiger partial charge on any atom is 0.254 e. The number of anilines is 1. The van der Waals surface area contributed by atoms with Gasteiger partial charge >= 0.3 is 0 Å². The Bertz CT molecular complexity index is 1860. The van der Waals surface area contributed by atoms with Crippen LogP contribution in [0.3, 0.4) is 0 Å². The smallest absolute Gasteiger partial charge is 0.254 e. The minimum Gasteiger partial charge on any atom is -0.448 e. The highest BCUT2D eigenvalue weighted by Gasteiger charge is 2.48. The van der Waals surface area contributed by atoms with Crippen LogP contribution < -0.4 is 25.2 Å². The number of ether oxygens (including phenoxy) is 4. The lowest BCUT2D eigenvalue weighted by Crippen LogP contribution is -2.58. The van der Waals surface area contributed by atoms with Gasteiger partial charge in [-0.15, -0.1) is 11.8 Å². The average molecular weight is 746 g/mol. The number of aromatic nitrogens is 2. The summed E-state index contributed by atoms with van der Waals surface area (Å²) in [7, 11) is 0. The van der Waals surface area contributed by atoms with E-state index >= 15 is 0 Å². The van der Waals surface area contributed by atoms with E-state index in [-0.39, 0.29) is 42.2 Å². The van der Waals surface area contributed by atoms with Crippen molar-refractivity contribution in [3.8, 4) is 22.6 Å². The first-order valence-electron chi connectivity index (χ1n) is 19.2. The van der Waals surface area contributed by atoms with E-state index in [1.54, 1.807) is 0 Å². The minimum atomic E-state index is -0.879. The lowest BCUT2D eigenvalue weighted by atomic mass is 9.80. The Labute approximate surface area is 317 Å². The summed E-state index contributed by atoms with van der Waals surface area (Å²) in [5.41, 5.74) is 3.89. The molecule has 0 bridgehead atoms. The van der Waals surface area contributed by atoms with E-state index in [0.29, 0.717) is 40.3 Å². The third-order valence-corrected chi connectivity index (χ3v) is 12.1. The van der Waals surface area contributed by atoms with Crippen molar-refractivity contribution in [2.24, 2.45) is 5.92 Å². The third-order valence-electron chi connectivity index (χ3n) is 11.3. The lowest BCUT2D eigenvalue weighted by molar-refractivity contribution is -0.135. The number of carbonyl (C=O) groups is 1. The number of benzene rings is 1. The van der Waals surface area contributed by atoms with Crippen molar-refractivity contribution < 1.29 is 23.7 Å². The second kappa shape index (κ2) is 15.3. The van der Waals surface area contributed by atoms with E-state index < -0.39 is 5.79 Å². The molecule has 7 rings (SSSR count). The first-order valence-corrected chi connectivity index (χ1v) is 20.4. The van der Waals surface area contributed by atoms with Gasteiger partial charge in [-0.25, -0.2) is 4.98 Å². The first-order chi connectivity index (χ1) is 25.3.